The van der Waals surface area contributed by atoms with Gasteiger partial charge < -0.3 is 9.99 Å². The summed E-state index contributed by atoms with van der Waals surface area (Å²) in [6.07, 6.45) is 3.41. The van der Waals surface area contributed by atoms with Crippen molar-refractivity contribution in [2.45, 2.75) is 13.5 Å². The fourth-order valence-corrected chi connectivity index (χ4v) is 1.61. The lowest BCUT2D eigenvalue weighted by atomic mass is 10.3. The van der Waals surface area contributed by atoms with Crippen molar-refractivity contribution < 1.29 is 0 Å². The second-order valence-corrected chi connectivity index (χ2v) is 3.80. The van der Waals surface area contributed by atoms with Gasteiger partial charge in [0.2, 0.25) is 0 Å². The number of hydrogen-bond donors (Lipinski definition) is 2. The van der Waals surface area contributed by atoms with Gasteiger partial charge in [0, 0.05) is 18.0 Å². The molecule has 0 amide bonds. The van der Waals surface area contributed by atoms with Gasteiger partial charge in [-0.25, -0.2) is 0 Å². The van der Waals surface area contributed by atoms with Crippen molar-refractivity contribution in [2.24, 2.45) is 5.84 Å². The van der Waals surface area contributed by atoms with Crippen LogP contribution in [0, 0.1) is 6.92 Å². The van der Waals surface area contributed by atoms with Gasteiger partial charge in [-0.15, -0.1) is 0 Å². The summed E-state index contributed by atoms with van der Waals surface area (Å²) < 4.78 is 1.62. The van der Waals surface area contributed by atoms with Crippen molar-refractivity contribution in [3.8, 4) is 0 Å². The van der Waals surface area contributed by atoms with Crippen LogP contribution in [-0.4, -0.2) is 9.55 Å². The maximum atomic E-state index is 11.8. The van der Waals surface area contributed by atoms with Crippen molar-refractivity contribution in [2.75, 3.05) is 5.43 Å². The zero-order chi connectivity index (χ0) is 12.3. The van der Waals surface area contributed by atoms with Crippen LogP contribution in [0.15, 0.2) is 41.5 Å². The third-order valence-corrected chi connectivity index (χ3v) is 2.53. The van der Waals surface area contributed by atoms with Crippen LogP contribution in [0.2, 0.25) is 0 Å². The molecule has 88 valence electrons. The second kappa shape index (κ2) is 4.80. The molecule has 5 nitrogen and oxygen atoms in total. The molecular weight excluding hydrogens is 216 g/mol. The smallest absolute Gasteiger partial charge is 0.253 e. The van der Waals surface area contributed by atoms with Gasteiger partial charge in [-0.05, 0) is 25.1 Å². The molecule has 0 radical (unpaired) electrons. The number of nitrogens with zero attached hydrogens (tertiary/aromatic N) is 2. The van der Waals surface area contributed by atoms with Crippen LogP contribution >= 0.6 is 0 Å². The fourth-order valence-electron chi connectivity index (χ4n) is 1.61. The Labute approximate surface area is 98.9 Å². The van der Waals surface area contributed by atoms with Gasteiger partial charge in [0.15, 0.2) is 0 Å². The van der Waals surface area contributed by atoms with Gasteiger partial charge in [0.25, 0.3) is 5.56 Å². The van der Waals surface area contributed by atoms with E-state index in [0.29, 0.717) is 6.54 Å². The Bertz CT molecular complexity index is 577. The topological polar surface area (TPSA) is 72.9 Å². The van der Waals surface area contributed by atoms with Gasteiger partial charge in [-0.2, -0.15) is 0 Å². The molecule has 0 aliphatic heterocycles. The average Bonchev–Trinajstić information content (AvgIpc) is 2.35. The molecular formula is C12H14N4O. The normalized spacial score (nSPS) is 10.2. The molecule has 0 unspecified atom stereocenters. The number of hydrazine groups is 1. The van der Waals surface area contributed by atoms with E-state index in [9.17, 15) is 4.79 Å². The molecule has 0 aromatic carbocycles. The van der Waals surface area contributed by atoms with Crippen LogP contribution in [0.25, 0.3) is 0 Å². The number of hydrogen-bond acceptors (Lipinski definition) is 4. The monoisotopic (exact) mass is 230 g/mol. The SMILES string of the molecule is Cc1cccn(Cc2cc(NN)ccn2)c1=O. The molecule has 0 atom stereocenters. The molecule has 0 saturated carbocycles. The highest BCUT2D eigenvalue weighted by Crippen LogP contribution is 2.06. The van der Waals surface area contributed by atoms with E-state index in [0.717, 1.165) is 16.9 Å². The molecule has 2 aromatic rings. The number of aryl methyl sites for hydroxylation is 1. The third kappa shape index (κ3) is 2.51. The molecule has 5 heteroatoms. The van der Waals surface area contributed by atoms with E-state index < -0.39 is 0 Å². The molecule has 0 aliphatic rings. The number of nitrogen functional groups attached to an aromatic ring is 1. The standard InChI is InChI=1S/C12H14N4O/c1-9-3-2-6-16(12(9)17)8-11-7-10(15-13)4-5-14-11/h2-7H,8,13H2,1H3,(H,14,15). The van der Waals surface area contributed by atoms with Gasteiger partial charge in [0.1, 0.15) is 0 Å². The Morgan fingerprint density at radius 1 is 1.47 bits per heavy atom. The first-order valence-electron chi connectivity index (χ1n) is 5.28. The van der Waals surface area contributed by atoms with Crippen LogP contribution in [0.3, 0.4) is 0 Å². The van der Waals surface area contributed by atoms with Crippen molar-refractivity contribution in [3.05, 3.63) is 58.3 Å². The largest absolute Gasteiger partial charge is 0.324 e. The van der Waals surface area contributed by atoms with Crippen LogP contribution in [-0.2, 0) is 6.54 Å². The highest BCUT2D eigenvalue weighted by Gasteiger charge is 2.01. The number of anilines is 1. The Hall–Kier alpha value is -2.14. The van der Waals surface area contributed by atoms with E-state index in [4.69, 9.17) is 5.84 Å². The maximum absolute atomic E-state index is 11.8. The highest BCUT2D eigenvalue weighted by atomic mass is 16.1. The van der Waals surface area contributed by atoms with E-state index in [1.165, 1.54) is 0 Å². The molecule has 0 saturated heterocycles. The van der Waals surface area contributed by atoms with Crippen molar-refractivity contribution in [1.29, 1.82) is 0 Å². The summed E-state index contributed by atoms with van der Waals surface area (Å²) in [5, 5.41) is 0. The molecule has 0 fully saturated rings. The Morgan fingerprint density at radius 2 is 2.29 bits per heavy atom. The zero-order valence-electron chi connectivity index (χ0n) is 9.55. The minimum atomic E-state index is 0.000380. The molecule has 2 heterocycles. The van der Waals surface area contributed by atoms with E-state index in [1.54, 1.807) is 36.0 Å². The van der Waals surface area contributed by atoms with Crippen LogP contribution < -0.4 is 16.8 Å². The summed E-state index contributed by atoms with van der Waals surface area (Å²) in [7, 11) is 0. The number of nitrogens with two attached hydrogens (primary N) is 1. The van der Waals surface area contributed by atoms with E-state index in [1.807, 2.05) is 12.1 Å². The molecule has 0 spiro atoms. The highest BCUT2D eigenvalue weighted by molar-refractivity contribution is 5.41. The number of aromatic nitrogens is 2. The number of pyridine rings is 2. The van der Waals surface area contributed by atoms with Gasteiger partial charge in [0.05, 0.1) is 17.9 Å². The number of rotatable bonds is 3. The average molecular weight is 230 g/mol. The molecule has 3 N–H and O–H groups in total. The van der Waals surface area contributed by atoms with E-state index in [-0.39, 0.29) is 5.56 Å². The Balaban J connectivity index is 2.31. The Morgan fingerprint density at radius 3 is 3.06 bits per heavy atom. The summed E-state index contributed by atoms with van der Waals surface area (Å²) in [6, 6.07) is 7.23. The quantitative estimate of drug-likeness (QED) is 0.606. The fraction of sp³-hybridized carbons (Fsp3) is 0.167. The minimum Gasteiger partial charge on any atom is -0.324 e. The van der Waals surface area contributed by atoms with Crippen molar-refractivity contribution in [3.63, 3.8) is 0 Å². The van der Waals surface area contributed by atoms with Crippen LogP contribution in [0.4, 0.5) is 5.69 Å². The first-order chi connectivity index (χ1) is 8.20. The van der Waals surface area contributed by atoms with E-state index >= 15 is 0 Å². The molecule has 0 bridgehead atoms. The lowest BCUT2D eigenvalue weighted by Gasteiger charge is -2.07. The zero-order valence-corrected chi connectivity index (χ0v) is 9.55. The summed E-state index contributed by atoms with van der Waals surface area (Å²) in [4.78, 5) is 16.0. The van der Waals surface area contributed by atoms with Gasteiger partial charge in [-0.3, -0.25) is 15.6 Å². The summed E-state index contributed by atoms with van der Waals surface area (Å²) >= 11 is 0. The van der Waals surface area contributed by atoms with Gasteiger partial charge in [-0.1, -0.05) is 6.07 Å². The maximum Gasteiger partial charge on any atom is 0.253 e. The lowest BCUT2D eigenvalue weighted by Crippen LogP contribution is -2.22. The van der Waals surface area contributed by atoms with Crippen LogP contribution in [0.1, 0.15) is 11.3 Å². The van der Waals surface area contributed by atoms with E-state index in [2.05, 4.69) is 10.4 Å². The summed E-state index contributed by atoms with van der Waals surface area (Å²) in [5.74, 6) is 5.32. The predicted molar refractivity (Wildman–Crippen MR) is 66.6 cm³/mol. The first-order valence-corrected chi connectivity index (χ1v) is 5.28. The minimum absolute atomic E-state index is 0.000380. The molecule has 17 heavy (non-hydrogen) atoms. The van der Waals surface area contributed by atoms with Crippen molar-refractivity contribution >= 4 is 5.69 Å². The van der Waals surface area contributed by atoms with Crippen LogP contribution in [0.5, 0.6) is 0 Å². The molecule has 0 aliphatic carbocycles. The predicted octanol–water partition coefficient (Wildman–Crippen LogP) is 0.886. The summed E-state index contributed by atoms with van der Waals surface area (Å²) in [5.41, 5.74) is 4.83. The third-order valence-electron chi connectivity index (χ3n) is 2.53. The second-order valence-electron chi connectivity index (χ2n) is 3.80. The van der Waals surface area contributed by atoms with Gasteiger partial charge >= 0.3 is 0 Å². The number of nitrogens with one attached hydrogen (secondary N) is 1. The van der Waals surface area contributed by atoms with Crippen molar-refractivity contribution in [1.82, 2.24) is 9.55 Å². The Kier molecular flexibility index (Phi) is 3.20. The summed E-state index contributed by atoms with van der Waals surface area (Å²) in [6.45, 7) is 2.24. The first kappa shape index (κ1) is 11.3. The lowest BCUT2D eigenvalue weighted by molar-refractivity contribution is 0.733. The molecule has 2 rings (SSSR count). The molecule has 2 aromatic heterocycles.